The highest BCUT2D eigenvalue weighted by atomic mass is 14.0. The highest BCUT2D eigenvalue weighted by molar-refractivity contribution is 5.03. The summed E-state index contributed by atoms with van der Waals surface area (Å²) >= 11 is 0. The van der Waals surface area contributed by atoms with Gasteiger partial charge in [-0.05, 0) is 25.7 Å². The summed E-state index contributed by atoms with van der Waals surface area (Å²) in [5.41, 5.74) is 0. The first kappa shape index (κ1) is 12.1. The lowest BCUT2D eigenvalue weighted by molar-refractivity contribution is 0.602. The monoisotopic (exact) mass is 175 g/mol. The maximum Gasteiger partial charge on any atom is 0.0209 e. The lowest BCUT2D eigenvalue weighted by Crippen LogP contribution is -1.93. The van der Waals surface area contributed by atoms with Gasteiger partial charge in [0.1, 0.15) is 0 Å². The fourth-order valence-corrected chi connectivity index (χ4v) is 1.11. The summed E-state index contributed by atoms with van der Waals surface area (Å²) in [6, 6.07) is 0. The molecule has 0 saturated carbocycles. The Hall–Kier alpha value is -0.880. The van der Waals surface area contributed by atoms with Gasteiger partial charge in [0.25, 0.3) is 0 Å². The van der Waals surface area contributed by atoms with E-state index < -0.39 is 0 Å². The van der Waals surface area contributed by atoms with E-state index in [1.54, 1.807) is 0 Å². The molecular formula is C13H19. The molecule has 0 amide bonds. The van der Waals surface area contributed by atoms with Gasteiger partial charge in [0.2, 0.25) is 0 Å². The molecule has 1 atom stereocenters. The molecule has 71 valence electrons. The fraction of sp³-hybridized carbons (Fsp3) is 0.692. The largest absolute Gasteiger partial charge is 0.103 e. The third-order valence-corrected chi connectivity index (χ3v) is 2.07. The quantitative estimate of drug-likeness (QED) is 0.442. The van der Waals surface area contributed by atoms with Gasteiger partial charge in [0.15, 0.2) is 0 Å². The summed E-state index contributed by atoms with van der Waals surface area (Å²) in [7, 11) is 0. The predicted octanol–water partition coefficient (Wildman–Crippen LogP) is 3.58. The van der Waals surface area contributed by atoms with Crippen molar-refractivity contribution in [2.75, 3.05) is 0 Å². The fourth-order valence-electron chi connectivity index (χ4n) is 1.11. The predicted molar refractivity (Wildman–Crippen MR) is 57.4 cm³/mol. The molecule has 0 bridgehead atoms. The third-order valence-electron chi connectivity index (χ3n) is 2.07. The zero-order chi connectivity index (χ0) is 9.94. The molecule has 0 fully saturated rings. The van der Waals surface area contributed by atoms with Gasteiger partial charge < -0.3 is 0 Å². The second kappa shape index (κ2) is 9.21. The first-order chi connectivity index (χ1) is 6.35. The van der Waals surface area contributed by atoms with Crippen LogP contribution in [0.5, 0.6) is 0 Å². The van der Waals surface area contributed by atoms with Gasteiger partial charge >= 0.3 is 0 Å². The van der Waals surface area contributed by atoms with Crippen molar-refractivity contribution in [1.82, 2.24) is 0 Å². The van der Waals surface area contributed by atoms with E-state index in [2.05, 4.69) is 31.6 Å². The van der Waals surface area contributed by atoms with Crippen molar-refractivity contribution in [2.45, 2.75) is 52.4 Å². The van der Waals surface area contributed by atoms with Crippen molar-refractivity contribution >= 4 is 0 Å². The molecule has 0 N–H and O–H groups in total. The maximum absolute atomic E-state index is 6.82. The van der Waals surface area contributed by atoms with Crippen LogP contribution in [-0.4, -0.2) is 0 Å². The van der Waals surface area contributed by atoms with Crippen LogP contribution < -0.4 is 0 Å². The molecule has 0 heterocycles. The van der Waals surface area contributed by atoms with Crippen LogP contribution in [0.1, 0.15) is 52.4 Å². The zero-order valence-electron chi connectivity index (χ0n) is 8.82. The van der Waals surface area contributed by atoms with E-state index in [-0.39, 0.29) is 0 Å². The van der Waals surface area contributed by atoms with Crippen LogP contribution in [0.4, 0.5) is 0 Å². The summed E-state index contributed by atoms with van der Waals surface area (Å²) in [5, 5.41) is 0. The highest BCUT2D eigenvalue weighted by Crippen LogP contribution is 2.08. The van der Waals surface area contributed by atoms with Crippen molar-refractivity contribution in [3.8, 4) is 17.8 Å². The molecule has 0 nitrogen and oxygen atoms in total. The van der Waals surface area contributed by atoms with Crippen LogP contribution in [-0.2, 0) is 0 Å². The van der Waals surface area contributed by atoms with Gasteiger partial charge in [-0.15, -0.1) is 5.92 Å². The molecular weight excluding hydrogens is 156 g/mol. The van der Waals surface area contributed by atoms with Crippen LogP contribution in [0.25, 0.3) is 0 Å². The number of hydrogen-bond acceptors (Lipinski definition) is 0. The molecule has 13 heavy (non-hydrogen) atoms. The van der Waals surface area contributed by atoms with Crippen LogP contribution >= 0.6 is 0 Å². The summed E-state index contributed by atoms with van der Waals surface area (Å²) in [6.07, 6.45) is 13.1. The van der Waals surface area contributed by atoms with E-state index in [4.69, 9.17) is 6.42 Å². The molecule has 0 aliphatic rings. The molecule has 0 aliphatic carbocycles. The molecule has 0 aromatic heterocycles. The second-order valence-electron chi connectivity index (χ2n) is 3.25. The molecule has 0 aliphatic heterocycles. The van der Waals surface area contributed by atoms with Crippen LogP contribution in [0.15, 0.2) is 0 Å². The number of unbranched alkanes of at least 4 members (excludes halogenated alkanes) is 2. The Morgan fingerprint density at radius 2 is 2.00 bits per heavy atom. The van der Waals surface area contributed by atoms with Gasteiger partial charge in [-0.3, -0.25) is 0 Å². The smallest absolute Gasteiger partial charge is 0.0209 e. The Kier molecular flexibility index (Phi) is 8.59. The van der Waals surface area contributed by atoms with Crippen LogP contribution in [0.3, 0.4) is 0 Å². The van der Waals surface area contributed by atoms with Crippen molar-refractivity contribution < 1.29 is 0 Å². The molecule has 1 radical (unpaired) electrons. The topological polar surface area (TPSA) is 0 Å². The van der Waals surface area contributed by atoms with Crippen LogP contribution in [0, 0.1) is 30.1 Å². The van der Waals surface area contributed by atoms with Gasteiger partial charge in [-0.2, -0.15) is 0 Å². The van der Waals surface area contributed by atoms with Gasteiger partial charge in [0.05, 0.1) is 0 Å². The Balaban J connectivity index is 3.67. The molecule has 0 aromatic carbocycles. The summed E-state index contributed by atoms with van der Waals surface area (Å²) in [6.45, 7) is 4.34. The molecule has 0 spiro atoms. The zero-order valence-corrected chi connectivity index (χ0v) is 8.82. The Morgan fingerprint density at radius 1 is 1.23 bits per heavy atom. The average Bonchev–Trinajstić information content (AvgIpc) is 2.17. The third kappa shape index (κ3) is 7.48. The SMILES string of the molecule is [C]#CCCC(C#CCCCC)CC. The molecule has 0 saturated heterocycles. The van der Waals surface area contributed by atoms with Gasteiger partial charge in [0, 0.05) is 18.8 Å². The minimum atomic E-state index is 0.481. The molecule has 0 heteroatoms. The first-order valence-electron chi connectivity index (χ1n) is 5.23. The minimum absolute atomic E-state index is 0.481. The van der Waals surface area contributed by atoms with E-state index >= 15 is 0 Å². The molecule has 0 aromatic rings. The lowest BCUT2D eigenvalue weighted by Gasteiger charge is -2.03. The van der Waals surface area contributed by atoms with Gasteiger partial charge in [-0.1, -0.05) is 32.1 Å². The molecule has 1 unspecified atom stereocenters. The first-order valence-corrected chi connectivity index (χ1v) is 5.23. The second-order valence-corrected chi connectivity index (χ2v) is 3.25. The van der Waals surface area contributed by atoms with E-state index in [9.17, 15) is 0 Å². The average molecular weight is 175 g/mol. The Labute approximate surface area is 83.1 Å². The number of rotatable bonds is 5. The van der Waals surface area contributed by atoms with E-state index in [0.29, 0.717) is 5.92 Å². The number of hydrogen-bond donors (Lipinski definition) is 0. The highest BCUT2D eigenvalue weighted by Gasteiger charge is 1.99. The summed E-state index contributed by atoms with van der Waals surface area (Å²) < 4.78 is 0. The minimum Gasteiger partial charge on any atom is -0.103 e. The van der Waals surface area contributed by atoms with Crippen molar-refractivity contribution in [3.05, 3.63) is 6.42 Å². The van der Waals surface area contributed by atoms with Gasteiger partial charge in [-0.25, -0.2) is 0 Å². The Bertz CT molecular complexity index is 196. The van der Waals surface area contributed by atoms with Crippen molar-refractivity contribution in [2.24, 2.45) is 5.92 Å². The normalized spacial score (nSPS) is 11.2. The Morgan fingerprint density at radius 3 is 2.54 bits per heavy atom. The lowest BCUT2D eigenvalue weighted by atomic mass is 10.0. The summed E-state index contributed by atoms with van der Waals surface area (Å²) in [5.74, 6) is 9.37. The van der Waals surface area contributed by atoms with E-state index in [0.717, 1.165) is 25.7 Å². The van der Waals surface area contributed by atoms with Crippen molar-refractivity contribution in [1.29, 1.82) is 0 Å². The maximum atomic E-state index is 6.82. The molecule has 0 rings (SSSR count). The van der Waals surface area contributed by atoms with Crippen molar-refractivity contribution in [3.63, 3.8) is 0 Å². The summed E-state index contributed by atoms with van der Waals surface area (Å²) in [4.78, 5) is 0. The standard InChI is InChI=1S/C13H19/c1-4-7-9-10-12-13(6-3)11-8-5-2/h13H,4,6-9,11H2,1,3H3. The van der Waals surface area contributed by atoms with Crippen LogP contribution in [0.2, 0.25) is 0 Å². The van der Waals surface area contributed by atoms with E-state index in [1.165, 1.54) is 12.8 Å². The van der Waals surface area contributed by atoms with E-state index in [1.807, 2.05) is 0 Å².